The van der Waals surface area contributed by atoms with Crippen LogP contribution in [0.3, 0.4) is 0 Å². The van der Waals surface area contributed by atoms with Gasteiger partial charge in [-0.3, -0.25) is 4.99 Å². The van der Waals surface area contributed by atoms with Crippen molar-refractivity contribution < 1.29 is 4.42 Å². The van der Waals surface area contributed by atoms with Gasteiger partial charge in [-0.15, -0.1) is 24.0 Å². The number of hydrogen-bond acceptors (Lipinski definition) is 5. The second-order valence-electron chi connectivity index (χ2n) is 4.35. The van der Waals surface area contributed by atoms with Gasteiger partial charge in [0.1, 0.15) is 5.76 Å². The molecule has 1 aromatic rings. The maximum absolute atomic E-state index is 5.70. The molecule has 0 spiro atoms. The van der Waals surface area contributed by atoms with E-state index in [1.54, 1.807) is 0 Å². The largest absolute Gasteiger partial charge is 0.444 e. The van der Waals surface area contributed by atoms with Gasteiger partial charge in [0.25, 0.3) is 0 Å². The lowest BCUT2D eigenvalue weighted by Gasteiger charge is -2.14. The van der Waals surface area contributed by atoms with Crippen molar-refractivity contribution in [1.29, 1.82) is 0 Å². The quantitative estimate of drug-likeness (QED) is 0.830. The highest BCUT2D eigenvalue weighted by molar-refractivity contribution is 14.0. The summed E-state index contributed by atoms with van der Waals surface area (Å²) >= 11 is 0. The molecule has 0 aromatic carbocycles. The fraction of sp³-hybridized carbons (Fsp3) is 0.667. The summed E-state index contributed by atoms with van der Waals surface area (Å²) in [7, 11) is 2.04. The SMILES string of the molecule is CCCc1nc(C)c(CNC2=NCCN2C)o1.I. The van der Waals surface area contributed by atoms with Gasteiger partial charge in [-0.1, -0.05) is 6.92 Å². The fourth-order valence-corrected chi connectivity index (χ4v) is 1.86. The number of aryl methyl sites for hydroxylation is 2. The lowest BCUT2D eigenvalue weighted by molar-refractivity contribution is 0.442. The molecule has 0 saturated carbocycles. The number of halogens is 1. The van der Waals surface area contributed by atoms with Crippen LogP contribution in [-0.2, 0) is 13.0 Å². The summed E-state index contributed by atoms with van der Waals surface area (Å²) in [5.74, 6) is 2.69. The normalized spacial score (nSPS) is 14.4. The van der Waals surface area contributed by atoms with Gasteiger partial charge in [-0.2, -0.15) is 0 Å². The van der Waals surface area contributed by atoms with Crippen LogP contribution in [-0.4, -0.2) is 36.0 Å². The van der Waals surface area contributed by atoms with Gasteiger partial charge in [0.2, 0.25) is 0 Å². The van der Waals surface area contributed by atoms with Crippen LogP contribution < -0.4 is 5.32 Å². The molecule has 1 aromatic heterocycles. The highest BCUT2D eigenvalue weighted by atomic mass is 127. The third-order valence-electron chi connectivity index (χ3n) is 2.87. The van der Waals surface area contributed by atoms with E-state index in [0.717, 1.165) is 49.2 Å². The summed E-state index contributed by atoms with van der Waals surface area (Å²) in [6, 6.07) is 0. The molecule has 18 heavy (non-hydrogen) atoms. The zero-order chi connectivity index (χ0) is 12.3. The third kappa shape index (κ3) is 3.60. The van der Waals surface area contributed by atoms with Crippen molar-refractivity contribution in [2.45, 2.75) is 33.2 Å². The van der Waals surface area contributed by atoms with Gasteiger partial charge < -0.3 is 14.6 Å². The molecule has 1 aliphatic heterocycles. The summed E-state index contributed by atoms with van der Waals surface area (Å²) in [6.45, 7) is 6.62. The van der Waals surface area contributed by atoms with Crippen LogP contribution in [0.2, 0.25) is 0 Å². The molecular weight excluding hydrogens is 343 g/mol. The van der Waals surface area contributed by atoms with E-state index in [1.165, 1.54) is 0 Å². The summed E-state index contributed by atoms with van der Waals surface area (Å²) in [5, 5.41) is 3.29. The van der Waals surface area contributed by atoms with Crippen LogP contribution in [0.5, 0.6) is 0 Å². The Morgan fingerprint density at radius 2 is 2.22 bits per heavy atom. The van der Waals surface area contributed by atoms with Crippen molar-refractivity contribution >= 4 is 29.9 Å². The Bertz CT molecular complexity index is 416. The van der Waals surface area contributed by atoms with E-state index < -0.39 is 0 Å². The molecule has 2 heterocycles. The predicted octanol–water partition coefficient (Wildman–Crippen LogP) is 1.94. The van der Waals surface area contributed by atoms with Crippen LogP contribution >= 0.6 is 24.0 Å². The molecule has 0 aliphatic carbocycles. The van der Waals surface area contributed by atoms with E-state index in [9.17, 15) is 0 Å². The minimum Gasteiger partial charge on any atom is -0.444 e. The Labute approximate surface area is 125 Å². The van der Waals surface area contributed by atoms with Crippen LogP contribution in [0, 0.1) is 6.92 Å². The molecule has 0 atom stereocenters. The average molecular weight is 364 g/mol. The molecular formula is C12H21IN4O. The number of oxazole rings is 1. The van der Waals surface area contributed by atoms with Crippen LogP contribution in [0.4, 0.5) is 0 Å². The Kier molecular flexibility index (Phi) is 5.90. The first-order chi connectivity index (χ1) is 8.20. The summed E-state index contributed by atoms with van der Waals surface area (Å²) < 4.78 is 5.70. The van der Waals surface area contributed by atoms with E-state index >= 15 is 0 Å². The standard InChI is InChI=1S/C12H20N4O.HI/c1-4-5-11-15-9(2)10(17-11)8-14-12-13-6-7-16(12)3;/h4-8H2,1-3H3,(H,13,14);1H. The van der Waals surface area contributed by atoms with Gasteiger partial charge in [0, 0.05) is 20.0 Å². The van der Waals surface area contributed by atoms with E-state index in [-0.39, 0.29) is 24.0 Å². The van der Waals surface area contributed by atoms with Gasteiger partial charge in [-0.25, -0.2) is 4.98 Å². The van der Waals surface area contributed by atoms with Gasteiger partial charge in [-0.05, 0) is 13.3 Å². The van der Waals surface area contributed by atoms with E-state index in [2.05, 4.69) is 27.1 Å². The van der Waals surface area contributed by atoms with Crippen molar-refractivity contribution in [3.63, 3.8) is 0 Å². The maximum atomic E-state index is 5.70. The fourth-order valence-electron chi connectivity index (χ4n) is 1.86. The molecule has 1 aliphatic rings. The number of nitrogens with one attached hydrogen (secondary N) is 1. The van der Waals surface area contributed by atoms with E-state index in [4.69, 9.17) is 4.42 Å². The number of hydrogen-bond donors (Lipinski definition) is 1. The predicted molar refractivity (Wildman–Crippen MR) is 82.4 cm³/mol. The monoisotopic (exact) mass is 364 g/mol. The number of nitrogens with zero attached hydrogens (tertiary/aromatic N) is 3. The molecule has 0 bridgehead atoms. The summed E-state index contributed by atoms with van der Waals surface area (Å²) in [6.07, 6.45) is 1.96. The third-order valence-corrected chi connectivity index (χ3v) is 2.87. The van der Waals surface area contributed by atoms with Crippen molar-refractivity contribution in [3.8, 4) is 0 Å². The first kappa shape index (κ1) is 15.3. The molecule has 0 amide bonds. The van der Waals surface area contributed by atoms with E-state index in [1.807, 2.05) is 14.0 Å². The lowest BCUT2D eigenvalue weighted by atomic mass is 10.3. The smallest absolute Gasteiger partial charge is 0.194 e. The lowest BCUT2D eigenvalue weighted by Crippen LogP contribution is -2.35. The summed E-state index contributed by atoms with van der Waals surface area (Å²) in [4.78, 5) is 10.9. The van der Waals surface area contributed by atoms with Crippen LogP contribution in [0.1, 0.15) is 30.7 Å². The van der Waals surface area contributed by atoms with Crippen molar-refractivity contribution in [3.05, 3.63) is 17.3 Å². The van der Waals surface area contributed by atoms with Gasteiger partial charge >= 0.3 is 0 Å². The number of likely N-dealkylation sites (N-methyl/N-ethyl adjacent to an activating group) is 1. The highest BCUT2D eigenvalue weighted by Gasteiger charge is 2.14. The van der Waals surface area contributed by atoms with Crippen LogP contribution in [0.15, 0.2) is 9.41 Å². The second-order valence-corrected chi connectivity index (χ2v) is 4.35. The molecule has 6 heteroatoms. The van der Waals surface area contributed by atoms with Crippen molar-refractivity contribution in [2.24, 2.45) is 4.99 Å². The number of rotatable bonds is 4. The minimum absolute atomic E-state index is 0. The summed E-state index contributed by atoms with van der Waals surface area (Å²) in [5.41, 5.74) is 0.974. The van der Waals surface area contributed by atoms with Crippen molar-refractivity contribution in [2.75, 3.05) is 20.1 Å². The number of aromatic nitrogens is 1. The van der Waals surface area contributed by atoms with E-state index in [0.29, 0.717) is 6.54 Å². The zero-order valence-electron chi connectivity index (χ0n) is 11.2. The second kappa shape index (κ2) is 6.96. The Hall–Kier alpha value is -0.790. The molecule has 102 valence electrons. The molecule has 1 N–H and O–H groups in total. The Balaban J connectivity index is 0.00000162. The molecule has 0 saturated heterocycles. The first-order valence-corrected chi connectivity index (χ1v) is 6.15. The topological polar surface area (TPSA) is 53.7 Å². The molecule has 0 unspecified atom stereocenters. The highest BCUT2D eigenvalue weighted by Crippen LogP contribution is 2.11. The van der Waals surface area contributed by atoms with Crippen molar-refractivity contribution in [1.82, 2.24) is 15.2 Å². The minimum atomic E-state index is 0. The maximum Gasteiger partial charge on any atom is 0.194 e. The van der Waals surface area contributed by atoms with Crippen LogP contribution in [0.25, 0.3) is 0 Å². The average Bonchev–Trinajstić information content (AvgIpc) is 2.83. The first-order valence-electron chi connectivity index (χ1n) is 6.15. The molecule has 0 radical (unpaired) electrons. The molecule has 0 fully saturated rings. The zero-order valence-corrected chi connectivity index (χ0v) is 13.5. The number of guanidine groups is 1. The van der Waals surface area contributed by atoms with Gasteiger partial charge in [0.15, 0.2) is 11.9 Å². The molecule has 5 nitrogen and oxygen atoms in total. The Morgan fingerprint density at radius 1 is 1.44 bits per heavy atom. The Morgan fingerprint density at radius 3 is 2.83 bits per heavy atom. The molecule has 2 rings (SSSR count). The number of aliphatic imine (C=N–C) groups is 1. The van der Waals surface area contributed by atoms with Gasteiger partial charge in [0.05, 0.1) is 18.8 Å².